The lowest BCUT2D eigenvalue weighted by Crippen LogP contribution is -2.24. The van der Waals surface area contributed by atoms with Gasteiger partial charge in [-0.1, -0.05) is 17.7 Å². The van der Waals surface area contributed by atoms with Gasteiger partial charge in [-0.25, -0.2) is 4.98 Å². The monoisotopic (exact) mass is 285 g/mol. The van der Waals surface area contributed by atoms with Crippen LogP contribution in [0, 0.1) is 12.8 Å². The van der Waals surface area contributed by atoms with Gasteiger partial charge in [0.15, 0.2) is 0 Å². The summed E-state index contributed by atoms with van der Waals surface area (Å²) in [6.07, 6.45) is 3.06. The van der Waals surface area contributed by atoms with Crippen molar-refractivity contribution in [2.75, 3.05) is 26.7 Å². The van der Waals surface area contributed by atoms with Crippen molar-refractivity contribution in [2.45, 2.75) is 19.9 Å². The maximum absolute atomic E-state index is 5.63. The molecule has 0 aliphatic carbocycles. The summed E-state index contributed by atoms with van der Waals surface area (Å²) >= 11 is 0. The normalized spacial score (nSPS) is 19.2. The average Bonchev–Trinajstić information content (AvgIpc) is 3.11. The SMILES string of the molecule is CNCC1CCN(Cc2coc(-c3ccc(C)cc3)n2)C1. The van der Waals surface area contributed by atoms with Crippen LogP contribution in [-0.4, -0.2) is 36.6 Å². The van der Waals surface area contributed by atoms with Crippen LogP contribution < -0.4 is 5.32 Å². The van der Waals surface area contributed by atoms with Crippen LogP contribution in [0.25, 0.3) is 11.5 Å². The molecule has 3 rings (SSSR count). The molecule has 1 atom stereocenters. The van der Waals surface area contributed by atoms with Gasteiger partial charge in [0, 0.05) is 18.7 Å². The molecule has 0 bridgehead atoms. The van der Waals surface area contributed by atoms with E-state index in [1.165, 1.54) is 12.0 Å². The smallest absolute Gasteiger partial charge is 0.226 e. The molecule has 0 radical (unpaired) electrons. The number of hydrogen-bond acceptors (Lipinski definition) is 4. The van der Waals surface area contributed by atoms with Gasteiger partial charge >= 0.3 is 0 Å². The second kappa shape index (κ2) is 6.41. The van der Waals surface area contributed by atoms with Crippen LogP contribution in [0.5, 0.6) is 0 Å². The van der Waals surface area contributed by atoms with E-state index in [4.69, 9.17) is 4.42 Å². The zero-order valence-electron chi connectivity index (χ0n) is 12.8. The summed E-state index contributed by atoms with van der Waals surface area (Å²) < 4.78 is 5.63. The molecule has 1 aromatic heterocycles. The third-order valence-electron chi connectivity index (χ3n) is 4.10. The highest BCUT2D eigenvalue weighted by molar-refractivity contribution is 5.53. The van der Waals surface area contributed by atoms with Crippen molar-refractivity contribution in [1.29, 1.82) is 0 Å². The quantitative estimate of drug-likeness (QED) is 0.917. The van der Waals surface area contributed by atoms with Crippen molar-refractivity contribution in [3.05, 3.63) is 41.8 Å². The predicted molar refractivity (Wildman–Crippen MR) is 84.0 cm³/mol. The van der Waals surface area contributed by atoms with Crippen molar-refractivity contribution >= 4 is 0 Å². The maximum atomic E-state index is 5.63. The summed E-state index contributed by atoms with van der Waals surface area (Å²) in [4.78, 5) is 7.08. The topological polar surface area (TPSA) is 41.3 Å². The summed E-state index contributed by atoms with van der Waals surface area (Å²) in [5.41, 5.74) is 3.31. The molecular formula is C17H23N3O. The summed E-state index contributed by atoms with van der Waals surface area (Å²) in [5, 5.41) is 3.26. The zero-order valence-corrected chi connectivity index (χ0v) is 12.8. The molecule has 112 valence electrons. The van der Waals surface area contributed by atoms with E-state index < -0.39 is 0 Å². The van der Waals surface area contributed by atoms with Crippen LogP contribution in [0.3, 0.4) is 0 Å². The summed E-state index contributed by atoms with van der Waals surface area (Å²) in [7, 11) is 2.02. The Hall–Kier alpha value is -1.65. The minimum atomic E-state index is 0.718. The first kappa shape index (κ1) is 14.3. The van der Waals surface area contributed by atoms with Gasteiger partial charge in [0.2, 0.25) is 5.89 Å². The lowest BCUT2D eigenvalue weighted by molar-refractivity contribution is 0.311. The van der Waals surface area contributed by atoms with E-state index >= 15 is 0 Å². The number of hydrogen-bond donors (Lipinski definition) is 1. The fourth-order valence-electron chi connectivity index (χ4n) is 2.95. The Morgan fingerprint density at radius 2 is 2.14 bits per heavy atom. The molecule has 1 saturated heterocycles. The summed E-state index contributed by atoms with van der Waals surface area (Å²) in [5.74, 6) is 1.48. The van der Waals surface area contributed by atoms with E-state index in [2.05, 4.69) is 46.4 Å². The Balaban J connectivity index is 1.62. The van der Waals surface area contributed by atoms with Gasteiger partial charge in [-0.15, -0.1) is 0 Å². The van der Waals surface area contributed by atoms with Gasteiger partial charge in [-0.05, 0) is 51.5 Å². The first-order valence-corrected chi connectivity index (χ1v) is 7.63. The van der Waals surface area contributed by atoms with Crippen molar-refractivity contribution in [3.63, 3.8) is 0 Å². The van der Waals surface area contributed by atoms with E-state index in [1.807, 2.05) is 7.05 Å². The van der Waals surface area contributed by atoms with Crippen LogP contribution in [0.4, 0.5) is 0 Å². The molecule has 0 spiro atoms. The Kier molecular flexibility index (Phi) is 4.36. The molecule has 1 aromatic carbocycles. The highest BCUT2D eigenvalue weighted by Crippen LogP contribution is 2.22. The van der Waals surface area contributed by atoms with E-state index in [1.54, 1.807) is 6.26 Å². The van der Waals surface area contributed by atoms with Crippen molar-refractivity contribution < 1.29 is 4.42 Å². The number of rotatable bonds is 5. The molecule has 1 fully saturated rings. The van der Waals surface area contributed by atoms with E-state index in [9.17, 15) is 0 Å². The molecule has 1 N–H and O–H groups in total. The molecule has 2 aromatic rings. The fraction of sp³-hybridized carbons (Fsp3) is 0.471. The van der Waals surface area contributed by atoms with Gasteiger partial charge in [-0.2, -0.15) is 0 Å². The van der Waals surface area contributed by atoms with Crippen LogP contribution in [0.15, 0.2) is 34.9 Å². The third-order valence-corrected chi connectivity index (χ3v) is 4.10. The van der Waals surface area contributed by atoms with Crippen LogP contribution in [0.2, 0.25) is 0 Å². The minimum absolute atomic E-state index is 0.718. The standard InChI is InChI=1S/C17H23N3O/c1-13-3-5-15(6-4-13)17-19-16(12-21-17)11-20-8-7-14(10-20)9-18-2/h3-6,12,14,18H,7-11H2,1-2H3. The molecule has 0 amide bonds. The number of nitrogens with zero attached hydrogens (tertiary/aromatic N) is 2. The molecule has 21 heavy (non-hydrogen) atoms. The summed E-state index contributed by atoms with van der Waals surface area (Å²) in [6, 6.07) is 8.29. The highest BCUT2D eigenvalue weighted by Gasteiger charge is 2.22. The second-order valence-corrected chi connectivity index (χ2v) is 5.96. The molecule has 1 aliphatic heterocycles. The molecule has 0 saturated carbocycles. The molecule has 1 unspecified atom stereocenters. The zero-order chi connectivity index (χ0) is 14.7. The fourth-order valence-corrected chi connectivity index (χ4v) is 2.95. The van der Waals surface area contributed by atoms with E-state index in [0.29, 0.717) is 0 Å². The van der Waals surface area contributed by atoms with Crippen LogP contribution in [-0.2, 0) is 6.54 Å². The highest BCUT2D eigenvalue weighted by atomic mass is 16.3. The first-order valence-electron chi connectivity index (χ1n) is 7.63. The van der Waals surface area contributed by atoms with Crippen molar-refractivity contribution in [2.24, 2.45) is 5.92 Å². The number of oxazole rings is 1. The minimum Gasteiger partial charge on any atom is -0.444 e. The lowest BCUT2D eigenvalue weighted by Gasteiger charge is -2.13. The Morgan fingerprint density at radius 1 is 1.33 bits per heavy atom. The number of aryl methyl sites for hydroxylation is 1. The molecule has 1 aliphatic rings. The number of nitrogens with one attached hydrogen (secondary N) is 1. The van der Waals surface area contributed by atoms with Crippen LogP contribution >= 0.6 is 0 Å². The average molecular weight is 285 g/mol. The largest absolute Gasteiger partial charge is 0.444 e. The second-order valence-electron chi connectivity index (χ2n) is 5.96. The van der Waals surface area contributed by atoms with Crippen LogP contribution in [0.1, 0.15) is 17.7 Å². The molecule has 4 heteroatoms. The first-order chi connectivity index (χ1) is 10.2. The third kappa shape index (κ3) is 3.52. The van der Waals surface area contributed by atoms with Gasteiger partial charge in [0.1, 0.15) is 6.26 Å². The van der Waals surface area contributed by atoms with E-state index in [-0.39, 0.29) is 0 Å². The molecular weight excluding hydrogens is 262 g/mol. The number of aromatic nitrogens is 1. The van der Waals surface area contributed by atoms with Gasteiger partial charge in [0.05, 0.1) is 5.69 Å². The van der Waals surface area contributed by atoms with Gasteiger partial charge < -0.3 is 9.73 Å². The maximum Gasteiger partial charge on any atom is 0.226 e. The molecule has 2 heterocycles. The van der Waals surface area contributed by atoms with Crippen molar-refractivity contribution in [1.82, 2.24) is 15.2 Å². The number of benzene rings is 1. The van der Waals surface area contributed by atoms with Gasteiger partial charge in [-0.3, -0.25) is 4.90 Å². The predicted octanol–water partition coefficient (Wildman–Crippen LogP) is 2.69. The lowest BCUT2D eigenvalue weighted by atomic mass is 10.1. The molecule has 4 nitrogen and oxygen atoms in total. The van der Waals surface area contributed by atoms with Gasteiger partial charge in [0.25, 0.3) is 0 Å². The Morgan fingerprint density at radius 3 is 2.90 bits per heavy atom. The van der Waals surface area contributed by atoms with E-state index in [0.717, 1.165) is 49.2 Å². The van der Waals surface area contributed by atoms with Crippen molar-refractivity contribution in [3.8, 4) is 11.5 Å². The summed E-state index contributed by atoms with van der Waals surface area (Å²) in [6.45, 7) is 6.37. The Labute approximate surface area is 126 Å². The number of likely N-dealkylation sites (tertiary alicyclic amines) is 1. The Bertz CT molecular complexity index is 576.